The fourth-order valence-corrected chi connectivity index (χ4v) is 0.808. The minimum atomic E-state index is -0.798. The molecule has 0 bridgehead atoms. The Morgan fingerprint density at radius 3 is 2.92 bits per heavy atom. The monoisotopic (exact) mass is 186 g/mol. The quantitative estimate of drug-likeness (QED) is 0.380. The highest BCUT2D eigenvalue weighted by Crippen LogP contribution is 2.11. The van der Waals surface area contributed by atoms with Gasteiger partial charge in [0, 0.05) is 0 Å². The third-order valence-corrected chi connectivity index (χ3v) is 1.85. The van der Waals surface area contributed by atoms with E-state index in [0.717, 1.165) is 0 Å². The van der Waals surface area contributed by atoms with E-state index in [2.05, 4.69) is 6.58 Å². The van der Waals surface area contributed by atoms with Crippen LogP contribution in [0.15, 0.2) is 12.2 Å². The maximum atomic E-state index is 11.1. The zero-order valence-electron chi connectivity index (χ0n) is 7.66. The summed E-state index contributed by atoms with van der Waals surface area (Å²) in [5.41, 5.74) is 0.114. The van der Waals surface area contributed by atoms with Gasteiger partial charge in [0.2, 0.25) is 0 Å². The molecule has 4 nitrogen and oxygen atoms in total. The van der Waals surface area contributed by atoms with Gasteiger partial charge in [0.05, 0.1) is 18.3 Å². The van der Waals surface area contributed by atoms with Gasteiger partial charge in [-0.25, -0.2) is 4.79 Å². The summed E-state index contributed by atoms with van der Waals surface area (Å²) in [6.45, 7) is 6.14. The Bertz CT molecular complexity index is 208. The van der Waals surface area contributed by atoms with E-state index < -0.39 is 12.1 Å². The Morgan fingerprint density at radius 2 is 2.46 bits per heavy atom. The van der Waals surface area contributed by atoms with Crippen LogP contribution in [0.5, 0.6) is 0 Å². The van der Waals surface area contributed by atoms with Crippen LogP contribution in [-0.4, -0.2) is 36.5 Å². The molecule has 1 fully saturated rings. The van der Waals surface area contributed by atoms with Crippen LogP contribution in [0.4, 0.5) is 0 Å². The molecule has 0 aliphatic carbocycles. The molecule has 74 valence electrons. The molecule has 0 saturated carbocycles. The van der Waals surface area contributed by atoms with E-state index in [4.69, 9.17) is 9.47 Å². The molecule has 13 heavy (non-hydrogen) atoms. The number of epoxide rings is 1. The van der Waals surface area contributed by atoms with Gasteiger partial charge in [-0.2, -0.15) is 0 Å². The fourth-order valence-electron chi connectivity index (χ4n) is 0.808. The van der Waals surface area contributed by atoms with Gasteiger partial charge >= 0.3 is 5.97 Å². The Kier molecular flexibility index (Phi) is 3.45. The second-order valence-corrected chi connectivity index (χ2v) is 3.00. The summed E-state index contributed by atoms with van der Waals surface area (Å²) < 4.78 is 9.68. The predicted octanol–water partition coefficient (Wildman–Crippen LogP) is 0.255. The van der Waals surface area contributed by atoms with Gasteiger partial charge in [0.1, 0.15) is 12.7 Å². The molecule has 4 heteroatoms. The van der Waals surface area contributed by atoms with Gasteiger partial charge in [-0.1, -0.05) is 13.5 Å². The molecule has 1 aliphatic heterocycles. The standard InChI is InChI=1S/C9H14O4/c1-3-8(10)6(2)9(11)13-5-7-4-12-7/h7-8,10H,2-5H2,1H3. The number of aliphatic hydroxyl groups is 1. The highest BCUT2D eigenvalue weighted by atomic mass is 16.6. The van der Waals surface area contributed by atoms with E-state index in [0.29, 0.717) is 13.0 Å². The van der Waals surface area contributed by atoms with Gasteiger partial charge in [0.25, 0.3) is 0 Å². The lowest BCUT2D eigenvalue weighted by Gasteiger charge is -2.09. The molecule has 1 aliphatic rings. The first kappa shape index (κ1) is 10.2. The van der Waals surface area contributed by atoms with Crippen molar-refractivity contribution in [2.45, 2.75) is 25.6 Å². The van der Waals surface area contributed by atoms with Crippen LogP contribution in [0.1, 0.15) is 13.3 Å². The molecule has 1 heterocycles. The van der Waals surface area contributed by atoms with Crippen LogP contribution in [0.25, 0.3) is 0 Å². The summed E-state index contributed by atoms with van der Waals surface area (Å²) in [5.74, 6) is -0.537. The van der Waals surface area contributed by atoms with Gasteiger partial charge in [-0.3, -0.25) is 0 Å². The van der Waals surface area contributed by atoms with Crippen molar-refractivity contribution in [2.24, 2.45) is 0 Å². The zero-order chi connectivity index (χ0) is 9.84. The van der Waals surface area contributed by atoms with Crippen LogP contribution < -0.4 is 0 Å². The maximum absolute atomic E-state index is 11.1. The predicted molar refractivity (Wildman–Crippen MR) is 46.1 cm³/mol. The number of ether oxygens (including phenoxy) is 2. The van der Waals surface area contributed by atoms with Crippen LogP contribution in [0.3, 0.4) is 0 Å². The van der Waals surface area contributed by atoms with Gasteiger partial charge in [0.15, 0.2) is 0 Å². The van der Waals surface area contributed by atoms with Crippen molar-refractivity contribution in [3.05, 3.63) is 12.2 Å². The van der Waals surface area contributed by atoms with Gasteiger partial charge < -0.3 is 14.6 Å². The van der Waals surface area contributed by atoms with E-state index >= 15 is 0 Å². The molecule has 0 aromatic carbocycles. The first-order valence-electron chi connectivity index (χ1n) is 4.30. The first-order valence-corrected chi connectivity index (χ1v) is 4.30. The van der Waals surface area contributed by atoms with Crippen molar-refractivity contribution < 1.29 is 19.4 Å². The third-order valence-electron chi connectivity index (χ3n) is 1.85. The van der Waals surface area contributed by atoms with E-state index in [9.17, 15) is 9.90 Å². The number of hydrogen-bond acceptors (Lipinski definition) is 4. The lowest BCUT2D eigenvalue weighted by atomic mass is 10.1. The molecule has 1 saturated heterocycles. The summed E-state index contributed by atoms with van der Waals surface area (Å²) in [5, 5.41) is 9.25. The van der Waals surface area contributed by atoms with E-state index in [1.54, 1.807) is 6.92 Å². The molecule has 2 unspecified atom stereocenters. The van der Waals surface area contributed by atoms with E-state index in [1.165, 1.54) is 0 Å². The lowest BCUT2D eigenvalue weighted by Crippen LogP contribution is -2.20. The van der Waals surface area contributed by atoms with Crippen LogP contribution in [-0.2, 0) is 14.3 Å². The Hall–Kier alpha value is -0.870. The van der Waals surface area contributed by atoms with E-state index in [-0.39, 0.29) is 18.3 Å². The highest BCUT2D eigenvalue weighted by molar-refractivity contribution is 5.88. The van der Waals surface area contributed by atoms with Gasteiger partial charge in [-0.15, -0.1) is 0 Å². The average Bonchev–Trinajstić information content (AvgIpc) is 2.95. The van der Waals surface area contributed by atoms with Crippen LogP contribution >= 0.6 is 0 Å². The third kappa shape index (κ3) is 3.16. The normalized spacial score (nSPS) is 22.2. The molecular formula is C9H14O4. The maximum Gasteiger partial charge on any atom is 0.336 e. The molecule has 1 rings (SSSR count). The van der Waals surface area contributed by atoms with Crippen LogP contribution in [0.2, 0.25) is 0 Å². The number of carbonyl (C=O) groups excluding carboxylic acids is 1. The number of aliphatic hydroxyl groups excluding tert-OH is 1. The summed E-state index contributed by atoms with van der Waals surface area (Å²) >= 11 is 0. The topological polar surface area (TPSA) is 59.1 Å². The highest BCUT2D eigenvalue weighted by Gasteiger charge is 2.25. The number of hydrogen-bond donors (Lipinski definition) is 1. The SMILES string of the molecule is C=C(C(=O)OCC1CO1)C(O)CC. The Balaban J connectivity index is 2.24. The summed E-state index contributed by atoms with van der Waals surface area (Å²) in [6, 6.07) is 0. The van der Waals surface area contributed by atoms with Gasteiger partial charge in [-0.05, 0) is 6.42 Å². The van der Waals surface area contributed by atoms with E-state index in [1.807, 2.05) is 0 Å². The molecule has 1 N–H and O–H groups in total. The largest absolute Gasteiger partial charge is 0.459 e. The number of rotatable bonds is 5. The second-order valence-electron chi connectivity index (χ2n) is 3.00. The van der Waals surface area contributed by atoms with Crippen molar-refractivity contribution in [1.29, 1.82) is 0 Å². The van der Waals surface area contributed by atoms with Crippen molar-refractivity contribution in [3.8, 4) is 0 Å². The van der Waals surface area contributed by atoms with Crippen LogP contribution in [0, 0.1) is 0 Å². The Labute approximate surface area is 77.1 Å². The molecule has 0 radical (unpaired) electrons. The second kappa shape index (κ2) is 4.39. The fraction of sp³-hybridized carbons (Fsp3) is 0.667. The number of esters is 1. The summed E-state index contributed by atoms with van der Waals surface area (Å²) in [7, 11) is 0. The molecule has 0 aromatic heterocycles. The smallest absolute Gasteiger partial charge is 0.336 e. The zero-order valence-corrected chi connectivity index (χ0v) is 7.66. The molecule has 0 aromatic rings. The van der Waals surface area contributed by atoms with Crippen molar-refractivity contribution >= 4 is 5.97 Å². The summed E-state index contributed by atoms with van der Waals surface area (Å²) in [4.78, 5) is 11.1. The number of carbonyl (C=O) groups is 1. The average molecular weight is 186 g/mol. The summed E-state index contributed by atoms with van der Waals surface area (Å²) in [6.07, 6.45) is -0.281. The van der Waals surface area contributed by atoms with Crippen molar-refractivity contribution in [3.63, 3.8) is 0 Å². The van der Waals surface area contributed by atoms with Crippen molar-refractivity contribution in [2.75, 3.05) is 13.2 Å². The molecule has 0 spiro atoms. The first-order chi connectivity index (χ1) is 6.15. The molecular weight excluding hydrogens is 172 g/mol. The minimum Gasteiger partial charge on any atom is -0.459 e. The minimum absolute atomic E-state index is 0.0514. The molecule has 2 atom stereocenters. The Morgan fingerprint density at radius 1 is 1.85 bits per heavy atom. The lowest BCUT2D eigenvalue weighted by molar-refractivity contribution is -0.140. The molecule has 0 amide bonds. The van der Waals surface area contributed by atoms with Crippen molar-refractivity contribution in [1.82, 2.24) is 0 Å².